The highest BCUT2D eigenvalue weighted by molar-refractivity contribution is 6.30. The molecule has 1 saturated heterocycles. The van der Waals surface area contributed by atoms with Gasteiger partial charge in [-0.2, -0.15) is 0 Å². The van der Waals surface area contributed by atoms with Crippen LogP contribution in [0.25, 0.3) is 0 Å². The van der Waals surface area contributed by atoms with Gasteiger partial charge in [0.1, 0.15) is 11.6 Å². The van der Waals surface area contributed by atoms with Gasteiger partial charge in [-0.15, -0.1) is 0 Å². The summed E-state index contributed by atoms with van der Waals surface area (Å²) in [6, 6.07) is 7.90. The highest BCUT2D eigenvalue weighted by Crippen LogP contribution is 2.28. The van der Waals surface area contributed by atoms with E-state index in [-0.39, 0.29) is 11.8 Å². The average molecular weight is 431 g/mol. The lowest BCUT2D eigenvalue weighted by Crippen LogP contribution is -2.49. The summed E-state index contributed by atoms with van der Waals surface area (Å²) in [4.78, 5) is 26.1. The number of amides is 1. The van der Waals surface area contributed by atoms with Gasteiger partial charge in [-0.25, -0.2) is 9.97 Å². The Balaban J connectivity index is 1.99. The highest BCUT2D eigenvalue weighted by Gasteiger charge is 2.25. The third kappa shape index (κ3) is 5.29. The van der Waals surface area contributed by atoms with Crippen LogP contribution in [0.1, 0.15) is 55.8 Å². The summed E-state index contributed by atoms with van der Waals surface area (Å²) < 4.78 is 5.48. The molecule has 1 aliphatic heterocycles. The molecule has 162 valence electrons. The van der Waals surface area contributed by atoms with Crippen LogP contribution in [-0.2, 0) is 22.6 Å². The molecule has 0 aliphatic carbocycles. The van der Waals surface area contributed by atoms with E-state index in [4.69, 9.17) is 26.3 Å². The van der Waals surface area contributed by atoms with Crippen molar-refractivity contribution in [3.8, 4) is 0 Å². The minimum absolute atomic E-state index is 0.208. The molecule has 3 rings (SSSR count). The quantitative estimate of drug-likeness (QED) is 0.663. The van der Waals surface area contributed by atoms with E-state index in [1.54, 1.807) is 7.11 Å². The van der Waals surface area contributed by atoms with Gasteiger partial charge in [-0.3, -0.25) is 4.79 Å². The summed E-state index contributed by atoms with van der Waals surface area (Å²) in [5, 5.41) is 0.716. The molecule has 0 unspecified atom stereocenters. The SMILES string of the molecule is CCC(=O)N1CCN(c2nc(C(C)C)nc(COC)c2Cc2cccc(Cl)c2)CC1. The van der Waals surface area contributed by atoms with Crippen molar-refractivity contribution in [1.29, 1.82) is 0 Å². The van der Waals surface area contributed by atoms with Crippen LogP contribution in [0.15, 0.2) is 24.3 Å². The first-order valence-corrected chi connectivity index (χ1v) is 11.0. The van der Waals surface area contributed by atoms with Crippen molar-refractivity contribution in [2.75, 3.05) is 38.2 Å². The summed E-state index contributed by atoms with van der Waals surface area (Å²) in [6.07, 6.45) is 1.23. The molecular weight excluding hydrogens is 400 g/mol. The Hall–Kier alpha value is -2.18. The van der Waals surface area contributed by atoms with Crippen LogP contribution in [0.4, 0.5) is 5.82 Å². The Morgan fingerprint density at radius 2 is 1.93 bits per heavy atom. The number of carbonyl (C=O) groups is 1. The molecule has 0 radical (unpaired) electrons. The van der Waals surface area contributed by atoms with Gasteiger partial charge >= 0.3 is 0 Å². The van der Waals surface area contributed by atoms with Crippen molar-refractivity contribution in [3.63, 3.8) is 0 Å². The molecule has 1 fully saturated rings. The fraction of sp³-hybridized carbons (Fsp3) is 0.522. The number of benzene rings is 1. The van der Waals surface area contributed by atoms with E-state index in [0.717, 1.165) is 41.6 Å². The maximum Gasteiger partial charge on any atom is 0.222 e. The van der Waals surface area contributed by atoms with Crippen molar-refractivity contribution < 1.29 is 9.53 Å². The van der Waals surface area contributed by atoms with Crippen LogP contribution < -0.4 is 4.90 Å². The van der Waals surface area contributed by atoms with Gasteiger partial charge in [0, 0.05) is 62.6 Å². The molecule has 0 N–H and O–H groups in total. The number of anilines is 1. The number of piperazine rings is 1. The second-order valence-corrected chi connectivity index (χ2v) is 8.38. The fourth-order valence-corrected chi connectivity index (χ4v) is 3.95. The molecule has 7 heteroatoms. The lowest BCUT2D eigenvalue weighted by molar-refractivity contribution is -0.131. The third-order valence-electron chi connectivity index (χ3n) is 5.39. The van der Waals surface area contributed by atoms with Gasteiger partial charge < -0.3 is 14.5 Å². The van der Waals surface area contributed by atoms with Gasteiger partial charge in [0.25, 0.3) is 0 Å². The average Bonchev–Trinajstić information content (AvgIpc) is 2.74. The van der Waals surface area contributed by atoms with E-state index in [1.165, 1.54) is 0 Å². The first-order valence-electron chi connectivity index (χ1n) is 10.6. The summed E-state index contributed by atoms with van der Waals surface area (Å²) in [5.41, 5.74) is 3.10. The molecule has 2 aromatic rings. The van der Waals surface area contributed by atoms with Crippen molar-refractivity contribution >= 4 is 23.3 Å². The molecule has 0 saturated carbocycles. The van der Waals surface area contributed by atoms with Crippen LogP contribution in [0, 0.1) is 0 Å². The Labute approximate surface area is 184 Å². The lowest BCUT2D eigenvalue weighted by atomic mass is 10.0. The minimum Gasteiger partial charge on any atom is -0.378 e. The molecule has 1 aromatic heterocycles. The molecule has 2 heterocycles. The van der Waals surface area contributed by atoms with Gasteiger partial charge in [0.2, 0.25) is 5.91 Å². The van der Waals surface area contributed by atoms with E-state index < -0.39 is 0 Å². The number of hydrogen-bond donors (Lipinski definition) is 0. The molecule has 0 atom stereocenters. The number of rotatable bonds is 7. The van der Waals surface area contributed by atoms with Gasteiger partial charge in [-0.05, 0) is 17.7 Å². The Morgan fingerprint density at radius 1 is 1.20 bits per heavy atom. The highest BCUT2D eigenvalue weighted by atomic mass is 35.5. The second-order valence-electron chi connectivity index (χ2n) is 7.95. The number of ether oxygens (including phenoxy) is 1. The topological polar surface area (TPSA) is 58.6 Å². The van der Waals surface area contributed by atoms with Crippen LogP contribution in [0.5, 0.6) is 0 Å². The summed E-state index contributed by atoms with van der Waals surface area (Å²) >= 11 is 6.22. The molecule has 0 bridgehead atoms. The van der Waals surface area contributed by atoms with Gasteiger partial charge in [0.05, 0.1) is 12.3 Å². The molecular formula is C23H31ClN4O2. The van der Waals surface area contributed by atoms with Crippen molar-refractivity contribution in [2.45, 2.75) is 46.1 Å². The van der Waals surface area contributed by atoms with E-state index in [0.29, 0.717) is 37.6 Å². The molecule has 0 spiro atoms. The van der Waals surface area contributed by atoms with Crippen molar-refractivity contribution in [1.82, 2.24) is 14.9 Å². The standard InChI is InChI=1S/C23H31ClN4O2/c1-5-21(29)27-9-11-28(12-10-27)23-19(14-17-7-6-8-18(24)13-17)20(15-30-4)25-22(26-23)16(2)3/h6-8,13,16H,5,9-12,14-15H2,1-4H3. The van der Waals surface area contributed by atoms with E-state index in [9.17, 15) is 4.79 Å². The number of nitrogens with zero attached hydrogens (tertiary/aromatic N) is 4. The fourth-order valence-electron chi connectivity index (χ4n) is 3.74. The van der Waals surface area contributed by atoms with Gasteiger partial charge in [-0.1, -0.05) is 44.5 Å². The monoisotopic (exact) mass is 430 g/mol. The first-order chi connectivity index (χ1) is 14.4. The number of aromatic nitrogens is 2. The third-order valence-corrected chi connectivity index (χ3v) is 5.63. The Bertz CT molecular complexity index is 880. The number of hydrogen-bond acceptors (Lipinski definition) is 5. The zero-order valence-electron chi connectivity index (χ0n) is 18.3. The minimum atomic E-state index is 0.208. The smallest absolute Gasteiger partial charge is 0.222 e. The largest absolute Gasteiger partial charge is 0.378 e. The predicted molar refractivity (Wildman–Crippen MR) is 120 cm³/mol. The van der Waals surface area contributed by atoms with Crippen LogP contribution in [0.3, 0.4) is 0 Å². The van der Waals surface area contributed by atoms with E-state index in [2.05, 4.69) is 24.8 Å². The molecule has 1 amide bonds. The Morgan fingerprint density at radius 3 is 2.53 bits per heavy atom. The predicted octanol–water partition coefficient (Wildman–Crippen LogP) is 4.05. The van der Waals surface area contributed by atoms with Crippen LogP contribution in [0.2, 0.25) is 5.02 Å². The Kier molecular flexibility index (Phi) is 7.67. The molecule has 1 aromatic carbocycles. The van der Waals surface area contributed by atoms with E-state index in [1.807, 2.05) is 30.0 Å². The number of carbonyl (C=O) groups excluding carboxylic acids is 1. The maximum absolute atomic E-state index is 12.1. The summed E-state index contributed by atoms with van der Waals surface area (Å²) in [6.45, 7) is 9.49. The summed E-state index contributed by atoms with van der Waals surface area (Å²) in [5.74, 6) is 2.19. The molecule has 1 aliphatic rings. The lowest BCUT2D eigenvalue weighted by Gasteiger charge is -2.36. The zero-order chi connectivity index (χ0) is 21.7. The van der Waals surface area contributed by atoms with Crippen molar-refractivity contribution in [3.05, 3.63) is 51.9 Å². The molecule has 6 nitrogen and oxygen atoms in total. The number of methoxy groups -OCH3 is 1. The second kappa shape index (κ2) is 10.2. The van der Waals surface area contributed by atoms with Crippen LogP contribution >= 0.6 is 11.6 Å². The normalized spacial score (nSPS) is 14.5. The van der Waals surface area contributed by atoms with E-state index >= 15 is 0 Å². The summed E-state index contributed by atoms with van der Waals surface area (Å²) in [7, 11) is 1.69. The van der Waals surface area contributed by atoms with Crippen LogP contribution in [-0.4, -0.2) is 54.1 Å². The maximum atomic E-state index is 12.1. The van der Waals surface area contributed by atoms with Gasteiger partial charge in [0.15, 0.2) is 0 Å². The first kappa shape index (κ1) is 22.5. The zero-order valence-corrected chi connectivity index (χ0v) is 19.1. The van der Waals surface area contributed by atoms with Crippen molar-refractivity contribution in [2.24, 2.45) is 0 Å². The number of halogens is 1. The molecule has 30 heavy (non-hydrogen) atoms.